The number of thiophene rings is 1. The molecule has 1 aromatic heterocycles. The zero-order valence-electron chi connectivity index (χ0n) is 12.6. The highest BCUT2D eigenvalue weighted by Gasteiger charge is 2.14. The molecule has 1 aromatic carbocycles. The first kappa shape index (κ1) is 16.2. The number of amides is 2. The second kappa shape index (κ2) is 7.20. The minimum Gasteiger partial charge on any atom is -0.366 e. The van der Waals surface area contributed by atoms with Crippen molar-refractivity contribution in [1.29, 1.82) is 0 Å². The lowest BCUT2D eigenvalue weighted by Gasteiger charge is -2.17. The van der Waals surface area contributed by atoms with Crippen LogP contribution >= 0.6 is 11.3 Å². The lowest BCUT2D eigenvalue weighted by atomic mass is 10.1. The molecule has 22 heavy (non-hydrogen) atoms. The van der Waals surface area contributed by atoms with Crippen LogP contribution in [0.1, 0.15) is 21.5 Å². The zero-order chi connectivity index (χ0) is 16.1. The summed E-state index contributed by atoms with van der Waals surface area (Å²) in [6, 6.07) is 9.69. The molecule has 5 nitrogen and oxygen atoms in total. The highest BCUT2D eigenvalue weighted by atomic mass is 32.1. The van der Waals surface area contributed by atoms with Gasteiger partial charge in [-0.3, -0.25) is 14.5 Å². The van der Waals surface area contributed by atoms with Gasteiger partial charge in [-0.1, -0.05) is 24.3 Å². The number of rotatable bonds is 6. The topological polar surface area (TPSA) is 75.4 Å². The van der Waals surface area contributed by atoms with Gasteiger partial charge in [0.15, 0.2) is 0 Å². The Morgan fingerprint density at radius 2 is 2.00 bits per heavy atom. The maximum absolute atomic E-state index is 12.1. The maximum Gasteiger partial charge on any atom is 0.251 e. The van der Waals surface area contributed by atoms with E-state index in [2.05, 4.69) is 5.32 Å². The summed E-state index contributed by atoms with van der Waals surface area (Å²) in [7, 11) is 1.88. The molecule has 3 N–H and O–H groups in total. The molecule has 2 rings (SSSR count). The van der Waals surface area contributed by atoms with Gasteiger partial charge in [0.2, 0.25) is 5.91 Å². The van der Waals surface area contributed by atoms with Gasteiger partial charge in [0.1, 0.15) is 5.00 Å². The number of aryl methyl sites for hydroxylation is 1. The molecule has 2 aromatic rings. The van der Waals surface area contributed by atoms with E-state index in [1.165, 1.54) is 22.5 Å². The summed E-state index contributed by atoms with van der Waals surface area (Å²) in [6.45, 7) is 2.98. The van der Waals surface area contributed by atoms with E-state index in [4.69, 9.17) is 5.73 Å². The average molecular weight is 317 g/mol. The second-order valence-electron chi connectivity index (χ2n) is 5.17. The number of hydrogen-bond acceptors (Lipinski definition) is 4. The van der Waals surface area contributed by atoms with Gasteiger partial charge in [-0.25, -0.2) is 0 Å². The summed E-state index contributed by atoms with van der Waals surface area (Å²) < 4.78 is 0. The van der Waals surface area contributed by atoms with E-state index in [1.807, 2.05) is 43.1 Å². The first-order valence-electron chi connectivity index (χ1n) is 6.87. The third-order valence-corrected chi connectivity index (χ3v) is 4.13. The lowest BCUT2D eigenvalue weighted by Crippen LogP contribution is -2.30. The molecular formula is C16H19N3O2S. The number of carbonyl (C=O) groups is 2. The highest BCUT2D eigenvalue weighted by Crippen LogP contribution is 2.22. The Hall–Kier alpha value is -2.18. The molecule has 0 aliphatic carbocycles. The van der Waals surface area contributed by atoms with Crippen molar-refractivity contribution in [2.24, 2.45) is 5.73 Å². The molecule has 0 bridgehead atoms. The average Bonchev–Trinajstić information content (AvgIpc) is 2.89. The Labute approximate surface area is 133 Å². The van der Waals surface area contributed by atoms with E-state index < -0.39 is 5.91 Å². The standard InChI is InChI=1S/C16H19N3O2S/c1-11-5-3-4-6-12(11)9-19(2)10-14(20)18-16-13(15(17)21)7-8-22-16/h3-8H,9-10H2,1-2H3,(H2,17,21)(H,18,20). The molecule has 0 aliphatic rings. The summed E-state index contributed by atoms with van der Waals surface area (Å²) in [5.41, 5.74) is 7.99. The van der Waals surface area contributed by atoms with Gasteiger partial charge in [0.25, 0.3) is 5.91 Å². The van der Waals surface area contributed by atoms with Crippen molar-refractivity contribution in [3.05, 3.63) is 52.4 Å². The van der Waals surface area contributed by atoms with Crippen LogP contribution in [0.2, 0.25) is 0 Å². The zero-order valence-corrected chi connectivity index (χ0v) is 13.4. The van der Waals surface area contributed by atoms with Crippen LogP contribution in [0.15, 0.2) is 35.7 Å². The minimum absolute atomic E-state index is 0.166. The van der Waals surface area contributed by atoms with E-state index in [0.717, 1.165) is 0 Å². The van der Waals surface area contributed by atoms with Crippen molar-refractivity contribution in [2.75, 3.05) is 18.9 Å². The normalized spacial score (nSPS) is 10.7. The number of likely N-dealkylation sites (N-methyl/N-ethyl adjacent to an activating group) is 1. The molecule has 0 saturated carbocycles. The number of nitrogens with two attached hydrogens (primary N) is 1. The molecule has 0 atom stereocenters. The van der Waals surface area contributed by atoms with Crippen LogP contribution < -0.4 is 11.1 Å². The fourth-order valence-corrected chi connectivity index (χ4v) is 2.95. The van der Waals surface area contributed by atoms with E-state index in [-0.39, 0.29) is 12.5 Å². The van der Waals surface area contributed by atoms with Crippen molar-refractivity contribution in [2.45, 2.75) is 13.5 Å². The van der Waals surface area contributed by atoms with Crippen molar-refractivity contribution in [3.63, 3.8) is 0 Å². The number of carbonyl (C=O) groups excluding carboxylic acids is 2. The molecular weight excluding hydrogens is 298 g/mol. The highest BCUT2D eigenvalue weighted by molar-refractivity contribution is 7.14. The molecule has 0 fully saturated rings. The summed E-state index contributed by atoms with van der Waals surface area (Å²) in [5.74, 6) is -0.703. The molecule has 0 aliphatic heterocycles. The van der Waals surface area contributed by atoms with Crippen LogP contribution in [-0.4, -0.2) is 30.3 Å². The van der Waals surface area contributed by atoms with Crippen molar-refractivity contribution in [3.8, 4) is 0 Å². The predicted octanol–water partition coefficient (Wildman–Crippen LogP) is 2.23. The summed E-state index contributed by atoms with van der Waals surface area (Å²) >= 11 is 1.29. The van der Waals surface area contributed by atoms with Gasteiger partial charge in [-0.15, -0.1) is 11.3 Å². The quantitative estimate of drug-likeness (QED) is 0.858. The van der Waals surface area contributed by atoms with Crippen molar-refractivity contribution in [1.82, 2.24) is 4.90 Å². The summed E-state index contributed by atoms with van der Waals surface area (Å²) in [6.07, 6.45) is 0. The summed E-state index contributed by atoms with van der Waals surface area (Å²) in [4.78, 5) is 25.2. The first-order valence-corrected chi connectivity index (χ1v) is 7.75. The van der Waals surface area contributed by atoms with Gasteiger partial charge in [-0.05, 0) is 36.5 Å². The molecule has 0 radical (unpaired) electrons. The second-order valence-corrected chi connectivity index (χ2v) is 6.09. The monoisotopic (exact) mass is 317 g/mol. The Morgan fingerprint density at radius 3 is 2.68 bits per heavy atom. The van der Waals surface area contributed by atoms with Crippen LogP contribution in [0.5, 0.6) is 0 Å². The van der Waals surface area contributed by atoms with E-state index in [0.29, 0.717) is 17.1 Å². The van der Waals surface area contributed by atoms with Crippen LogP contribution in [-0.2, 0) is 11.3 Å². The minimum atomic E-state index is -0.537. The number of primary amides is 1. The molecule has 116 valence electrons. The third kappa shape index (κ3) is 4.16. The Bertz CT molecular complexity index is 682. The Kier molecular flexibility index (Phi) is 5.30. The van der Waals surface area contributed by atoms with Crippen molar-refractivity contribution >= 4 is 28.2 Å². The van der Waals surface area contributed by atoms with Gasteiger partial charge in [-0.2, -0.15) is 0 Å². The molecule has 0 spiro atoms. The van der Waals surface area contributed by atoms with Crippen molar-refractivity contribution < 1.29 is 9.59 Å². The van der Waals surface area contributed by atoms with Gasteiger partial charge in [0, 0.05) is 6.54 Å². The third-order valence-electron chi connectivity index (χ3n) is 3.30. The Balaban J connectivity index is 1.93. The largest absolute Gasteiger partial charge is 0.366 e. The number of anilines is 1. The smallest absolute Gasteiger partial charge is 0.251 e. The number of hydrogen-bond donors (Lipinski definition) is 2. The molecule has 1 heterocycles. The molecule has 2 amide bonds. The van der Waals surface area contributed by atoms with E-state index in [9.17, 15) is 9.59 Å². The number of nitrogens with zero attached hydrogens (tertiary/aromatic N) is 1. The predicted molar refractivity (Wildman–Crippen MR) is 89.0 cm³/mol. The van der Waals surface area contributed by atoms with Crippen LogP contribution in [0.3, 0.4) is 0 Å². The van der Waals surface area contributed by atoms with Crippen LogP contribution in [0.4, 0.5) is 5.00 Å². The number of nitrogens with one attached hydrogen (secondary N) is 1. The summed E-state index contributed by atoms with van der Waals surface area (Å²) in [5, 5.41) is 4.97. The first-order chi connectivity index (χ1) is 10.5. The lowest BCUT2D eigenvalue weighted by molar-refractivity contribution is -0.117. The number of benzene rings is 1. The van der Waals surface area contributed by atoms with E-state index in [1.54, 1.807) is 11.4 Å². The van der Waals surface area contributed by atoms with Crippen LogP contribution in [0, 0.1) is 6.92 Å². The fourth-order valence-electron chi connectivity index (χ4n) is 2.15. The Morgan fingerprint density at radius 1 is 1.27 bits per heavy atom. The van der Waals surface area contributed by atoms with E-state index >= 15 is 0 Å². The molecule has 0 saturated heterocycles. The van der Waals surface area contributed by atoms with Gasteiger partial charge in [0.05, 0.1) is 12.1 Å². The fraction of sp³-hybridized carbons (Fsp3) is 0.250. The van der Waals surface area contributed by atoms with Crippen LogP contribution in [0.25, 0.3) is 0 Å². The molecule has 0 unspecified atom stereocenters. The SMILES string of the molecule is Cc1ccccc1CN(C)CC(=O)Nc1sccc1C(N)=O. The molecule has 6 heteroatoms. The van der Waals surface area contributed by atoms with Gasteiger partial charge < -0.3 is 11.1 Å². The maximum atomic E-state index is 12.1. The van der Waals surface area contributed by atoms with Gasteiger partial charge >= 0.3 is 0 Å².